The second kappa shape index (κ2) is 9.32. The number of halogens is 3. The van der Waals surface area contributed by atoms with Gasteiger partial charge in [0.15, 0.2) is 0 Å². The van der Waals surface area contributed by atoms with E-state index in [4.69, 9.17) is 39.8 Å². The number of rotatable bonds is 7. The van der Waals surface area contributed by atoms with E-state index in [2.05, 4.69) is 43.7 Å². The molecule has 2 unspecified atom stereocenters. The molecule has 3 heterocycles. The van der Waals surface area contributed by atoms with Crippen molar-refractivity contribution < 1.29 is 0 Å². The fourth-order valence-electron chi connectivity index (χ4n) is 3.92. The number of aromatic nitrogens is 3. The van der Waals surface area contributed by atoms with E-state index >= 15 is 0 Å². The molecule has 0 spiro atoms. The molecular formula is C23H23Cl3N6. The smallest absolute Gasteiger partial charge is 0.204 e. The third-order valence-corrected chi connectivity index (χ3v) is 6.76. The molecule has 0 amide bonds. The van der Waals surface area contributed by atoms with Crippen molar-refractivity contribution in [1.29, 1.82) is 0 Å². The molecule has 5 rings (SSSR count). The molecule has 2 atom stereocenters. The highest BCUT2D eigenvalue weighted by Gasteiger charge is 2.26. The highest BCUT2D eigenvalue weighted by Crippen LogP contribution is 2.29. The largest absolute Gasteiger partial charge is 0.366 e. The number of benzene rings is 1. The van der Waals surface area contributed by atoms with Crippen LogP contribution in [0.25, 0.3) is 11.0 Å². The Balaban J connectivity index is 1.42. The third kappa shape index (κ3) is 4.59. The van der Waals surface area contributed by atoms with Gasteiger partial charge in [0, 0.05) is 48.3 Å². The topological polar surface area (TPSA) is 66.8 Å². The molecule has 1 aromatic carbocycles. The molecule has 1 aliphatic heterocycles. The zero-order chi connectivity index (χ0) is 22.1. The summed E-state index contributed by atoms with van der Waals surface area (Å²) in [5.74, 6) is 2.10. The van der Waals surface area contributed by atoms with Crippen LogP contribution in [0.3, 0.4) is 0 Å². The second-order valence-electron chi connectivity index (χ2n) is 8.11. The Kier molecular flexibility index (Phi) is 6.28. The predicted octanol–water partition coefficient (Wildman–Crippen LogP) is 5.00. The number of nitrogens with one attached hydrogen (secondary N) is 3. The van der Waals surface area contributed by atoms with Crippen LogP contribution in [-0.2, 0) is 13.1 Å². The fraction of sp³-hybridized carbons (Fsp3) is 0.304. The van der Waals surface area contributed by atoms with Crippen LogP contribution in [0.5, 0.6) is 0 Å². The van der Waals surface area contributed by atoms with Gasteiger partial charge in [-0.25, -0.2) is 9.97 Å². The summed E-state index contributed by atoms with van der Waals surface area (Å²) in [5, 5.41) is 11.2. The van der Waals surface area contributed by atoms with E-state index in [1.165, 1.54) is 0 Å². The van der Waals surface area contributed by atoms with Crippen molar-refractivity contribution in [3.63, 3.8) is 0 Å². The van der Waals surface area contributed by atoms with E-state index in [1.807, 2.05) is 24.3 Å². The number of hydrogen-bond acceptors (Lipinski definition) is 5. The summed E-state index contributed by atoms with van der Waals surface area (Å²) in [5.41, 5.74) is 3.12. The fourth-order valence-corrected chi connectivity index (χ4v) is 4.69. The van der Waals surface area contributed by atoms with Gasteiger partial charge in [-0.1, -0.05) is 41.4 Å². The SMILES string of the molecule is ClC1=CC=CC(Cl)C1Nc1nc2cc(CNc3cc(Cl)ccn3)ccc2n1CC1CNC1. The Morgan fingerprint density at radius 1 is 1.16 bits per heavy atom. The van der Waals surface area contributed by atoms with Crippen LogP contribution in [0.2, 0.25) is 5.02 Å². The second-order valence-corrected chi connectivity index (χ2v) is 9.49. The van der Waals surface area contributed by atoms with Gasteiger partial charge in [-0.3, -0.25) is 0 Å². The lowest BCUT2D eigenvalue weighted by Crippen LogP contribution is -2.44. The monoisotopic (exact) mass is 488 g/mol. The van der Waals surface area contributed by atoms with Crippen LogP contribution in [0.1, 0.15) is 5.56 Å². The zero-order valence-corrected chi connectivity index (χ0v) is 19.5. The lowest BCUT2D eigenvalue weighted by Gasteiger charge is -2.29. The number of imidazole rings is 1. The maximum absolute atomic E-state index is 6.51. The van der Waals surface area contributed by atoms with E-state index in [1.54, 1.807) is 12.3 Å². The van der Waals surface area contributed by atoms with Crippen LogP contribution in [0.15, 0.2) is 59.8 Å². The standard InChI is InChI=1S/C23H23Cl3N6/c24-16-6-7-28-21(9-16)29-12-14-4-5-20-19(8-14)30-23(32(20)13-15-10-27-11-15)31-22-17(25)2-1-3-18(22)26/h1-9,15,17,22,27H,10-13H2,(H,28,29)(H,30,31). The summed E-state index contributed by atoms with van der Waals surface area (Å²) in [6, 6.07) is 9.69. The number of fused-ring (bicyclic) bond motifs is 1. The molecule has 1 aliphatic carbocycles. The molecule has 2 aromatic heterocycles. The van der Waals surface area contributed by atoms with Gasteiger partial charge in [-0.05, 0) is 35.9 Å². The molecule has 1 saturated heterocycles. The first kappa shape index (κ1) is 21.6. The first-order valence-corrected chi connectivity index (χ1v) is 11.8. The van der Waals surface area contributed by atoms with Gasteiger partial charge in [0.1, 0.15) is 5.82 Å². The summed E-state index contributed by atoms with van der Waals surface area (Å²) in [6.07, 6.45) is 7.37. The first-order valence-electron chi connectivity index (χ1n) is 10.6. The van der Waals surface area contributed by atoms with Crippen LogP contribution < -0.4 is 16.0 Å². The van der Waals surface area contributed by atoms with Gasteiger partial charge in [0.2, 0.25) is 5.95 Å². The molecule has 0 radical (unpaired) electrons. The summed E-state index contributed by atoms with van der Waals surface area (Å²) < 4.78 is 2.24. The van der Waals surface area contributed by atoms with Crippen molar-refractivity contribution in [1.82, 2.24) is 19.9 Å². The number of hydrogen-bond donors (Lipinski definition) is 3. The molecular weight excluding hydrogens is 467 g/mol. The molecule has 2 aliphatic rings. The lowest BCUT2D eigenvalue weighted by molar-refractivity contribution is 0.311. The van der Waals surface area contributed by atoms with Gasteiger partial charge in [0.25, 0.3) is 0 Å². The maximum Gasteiger partial charge on any atom is 0.204 e. The molecule has 3 N–H and O–H groups in total. The van der Waals surface area contributed by atoms with Crippen molar-refractivity contribution in [2.75, 3.05) is 23.7 Å². The van der Waals surface area contributed by atoms with Crippen molar-refractivity contribution in [2.24, 2.45) is 5.92 Å². The molecule has 166 valence electrons. The van der Waals surface area contributed by atoms with Crippen molar-refractivity contribution in [3.05, 3.63) is 70.4 Å². The molecule has 0 saturated carbocycles. The van der Waals surface area contributed by atoms with E-state index < -0.39 is 0 Å². The maximum atomic E-state index is 6.51. The molecule has 0 bridgehead atoms. The molecule has 9 heteroatoms. The van der Waals surface area contributed by atoms with Gasteiger partial charge in [-0.2, -0.15) is 0 Å². The highest BCUT2D eigenvalue weighted by molar-refractivity contribution is 6.32. The Labute approximate surface area is 201 Å². The Hall–Kier alpha value is -2.25. The Morgan fingerprint density at radius 3 is 2.78 bits per heavy atom. The van der Waals surface area contributed by atoms with E-state index in [9.17, 15) is 0 Å². The summed E-state index contributed by atoms with van der Waals surface area (Å²) in [6.45, 7) is 3.53. The van der Waals surface area contributed by atoms with Crippen LogP contribution in [0.4, 0.5) is 11.8 Å². The Morgan fingerprint density at radius 2 is 2.03 bits per heavy atom. The molecule has 1 fully saturated rings. The van der Waals surface area contributed by atoms with Crippen molar-refractivity contribution in [2.45, 2.75) is 24.5 Å². The summed E-state index contributed by atoms with van der Waals surface area (Å²) in [7, 11) is 0. The first-order chi connectivity index (χ1) is 15.6. The van der Waals surface area contributed by atoms with Crippen molar-refractivity contribution in [3.8, 4) is 0 Å². The van der Waals surface area contributed by atoms with Gasteiger partial charge in [-0.15, -0.1) is 11.6 Å². The number of nitrogens with zero attached hydrogens (tertiary/aromatic N) is 3. The van der Waals surface area contributed by atoms with Gasteiger partial charge in [0.05, 0.1) is 22.5 Å². The predicted molar refractivity (Wildman–Crippen MR) is 133 cm³/mol. The Bertz CT molecular complexity index is 1180. The van der Waals surface area contributed by atoms with Crippen LogP contribution in [-0.4, -0.2) is 39.0 Å². The quantitative estimate of drug-likeness (QED) is 0.408. The minimum atomic E-state index is -0.240. The highest BCUT2D eigenvalue weighted by atomic mass is 35.5. The normalized spacial score (nSPS) is 20.8. The van der Waals surface area contributed by atoms with Crippen LogP contribution >= 0.6 is 34.8 Å². The third-order valence-electron chi connectivity index (χ3n) is 5.77. The summed E-state index contributed by atoms with van der Waals surface area (Å²) >= 11 is 19.0. The number of anilines is 2. The number of alkyl halides is 1. The van der Waals surface area contributed by atoms with Crippen LogP contribution in [0, 0.1) is 5.92 Å². The van der Waals surface area contributed by atoms with E-state index in [0.29, 0.717) is 22.5 Å². The van der Waals surface area contributed by atoms with E-state index in [0.717, 1.165) is 48.0 Å². The minimum Gasteiger partial charge on any atom is -0.366 e. The molecule has 32 heavy (non-hydrogen) atoms. The number of allylic oxidation sites excluding steroid dienone is 2. The zero-order valence-electron chi connectivity index (χ0n) is 17.2. The average molecular weight is 490 g/mol. The molecule has 3 aromatic rings. The average Bonchev–Trinajstić information content (AvgIpc) is 3.08. The van der Waals surface area contributed by atoms with Crippen molar-refractivity contribution >= 4 is 57.6 Å². The minimum absolute atomic E-state index is 0.214. The number of pyridine rings is 1. The van der Waals surface area contributed by atoms with E-state index in [-0.39, 0.29) is 11.4 Å². The summed E-state index contributed by atoms with van der Waals surface area (Å²) in [4.78, 5) is 9.21. The van der Waals surface area contributed by atoms with Gasteiger partial charge >= 0.3 is 0 Å². The lowest BCUT2D eigenvalue weighted by atomic mass is 10.0. The van der Waals surface area contributed by atoms with Gasteiger partial charge < -0.3 is 20.5 Å². The molecule has 6 nitrogen and oxygen atoms in total.